The Labute approximate surface area is 106 Å². The Balaban J connectivity index is 1.78. The highest BCUT2D eigenvalue weighted by Crippen LogP contribution is 2.18. The zero-order valence-electron chi connectivity index (χ0n) is 10.3. The van der Waals surface area contributed by atoms with Gasteiger partial charge in [-0.15, -0.1) is 11.3 Å². The molecular weight excluding hydrogens is 232 g/mol. The van der Waals surface area contributed by atoms with Crippen molar-refractivity contribution in [1.29, 1.82) is 0 Å². The van der Waals surface area contributed by atoms with Gasteiger partial charge in [-0.25, -0.2) is 4.98 Å². The van der Waals surface area contributed by atoms with Crippen LogP contribution in [0.4, 0.5) is 5.13 Å². The average molecular weight is 250 g/mol. The molecule has 0 saturated heterocycles. The van der Waals surface area contributed by atoms with Gasteiger partial charge in [0.15, 0.2) is 5.13 Å². The molecule has 1 unspecified atom stereocenters. The number of nitrogens with zero attached hydrogens (tertiary/aromatic N) is 1. The molecular formula is C13H18N2OS. The standard InChI is InChI=1S/C13H18N2OS/c1-3-11-9-17-13(15-11)14-10(2)6-7-12-5-4-8-16-12/h4-5,8-10H,3,6-7H2,1-2H3,(H,14,15). The van der Waals surface area contributed by atoms with Crippen molar-refractivity contribution in [2.45, 2.75) is 39.2 Å². The number of hydrogen-bond donors (Lipinski definition) is 1. The molecule has 0 aromatic carbocycles. The predicted molar refractivity (Wildman–Crippen MR) is 71.6 cm³/mol. The highest BCUT2D eigenvalue weighted by molar-refractivity contribution is 7.13. The summed E-state index contributed by atoms with van der Waals surface area (Å²) in [6, 6.07) is 4.36. The van der Waals surface area contributed by atoms with E-state index < -0.39 is 0 Å². The van der Waals surface area contributed by atoms with E-state index in [4.69, 9.17) is 4.42 Å². The lowest BCUT2D eigenvalue weighted by Crippen LogP contribution is -2.15. The molecule has 2 aromatic heterocycles. The molecule has 3 nitrogen and oxygen atoms in total. The molecule has 2 heterocycles. The normalized spacial score (nSPS) is 12.6. The summed E-state index contributed by atoms with van der Waals surface area (Å²) in [7, 11) is 0. The lowest BCUT2D eigenvalue weighted by Gasteiger charge is -2.11. The molecule has 0 saturated carbocycles. The van der Waals surface area contributed by atoms with E-state index in [9.17, 15) is 0 Å². The third-order valence-corrected chi connectivity index (χ3v) is 3.51. The van der Waals surface area contributed by atoms with E-state index >= 15 is 0 Å². The van der Waals surface area contributed by atoms with Gasteiger partial charge in [0.1, 0.15) is 5.76 Å². The zero-order chi connectivity index (χ0) is 12.1. The van der Waals surface area contributed by atoms with Crippen LogP contribution in [0.2, 0.25) is 0 Å². The van der Waals surface area contributed by atoms with E-state index in [1.54, 1.807) is 17.6 Å². The molecule has 2 rings (SSSR count). The van der Waals surface area contributed by atoms with E-state index in [-0.39, 0.29) is 0 Å². The Morgan fingerprint density at radius 3 is 3.06 bits per heavy atom. The molecule has 1 atom stereocenters. The first-order chi connectivity index (χ1) is 8.28. The van der Waals surface area contributed by atoms with Gasteiger partial charge < -0.3 is 9.73 Å². The van der Waals surface area contributed by atoms with E-state index in [1.165, 1.54) is 0 Å². The number of hydrogen-bond acceptors (Lipinski definition) is 4. The highest BCUT2D eigenvalue weighted by atomic mass is 32.1. The van der Waals surface area contributed by atoms with Gasteiger partial charge in [0, 0.05) is 17.8 Å². The summed E-state index contributed by atoms with van der Waals surface area (Å²) in [6.45, 7) is 4.30. The van der Waals surface area contributed by atoms with Crippen LogP contribution in [0, 0.1) is 0 Å². The lowest BCUT2D eigenvalue weighted by molar-refractivity contribution is 0.495. The second-order valence-electron chi connectivity index (χ2n) is 4.16. The molecule has 1 N–H and O–H groups in total. The molecule has 0 aliphatic rings. The first-order valence-corrected chi connectivity index (χ1v) is 6.89. The minimum absolute atomic E-state index is 0.413. The second kappa shape index (κ2) is 5.87. The minimum Gasteiger partial charge on any atom is -0.469 e. The van der Waals surface area contributed by atoms with Crippen LogP contribution in [-0.4, -0.2) is 11.0 Å². The number of rotatable bonds is 6. The molecule has 0 fully saturated rings. The summed E-state index contributed by atoms with van der Waals surface area (Å²) in [5, 5.41) is 6.56. The van der Waals surface area contributed by atoms with Crippen LogP contribution < -0.4 is 5.32 Å². The monoisotopic (exact) mass is 250 g/mol. The van der Waals surface area contributed by atoms with Crippen molar-refractivity contribution in [1.82, 2.24) is 4.98 Å². The molecule has 0 bridgehead atoms. The van der Waals surface area contributed by atoms with Gasteiger partial charge in [-0.2, -0.15) is 0 Å². The quantitative estimate of drug-likeness (QED) is 0.849. The zero-order valence-corrected chi connectivity index (χ0v) is 11.1. The number of aryl methyl sites for hydroxylation is 2. The van der Waals surface area contributed by atoms with E-state index in [0.29, 0.717) is 6.04 Å². The molecule has 4 heteroatoms. The molecule has 0 amide bonds. The first kappa shape index (κ1) is 12.2. The molecule has 0 spiro atoms. The van der Waals surface area contributed by atoms with Crippen molar-refractivity contribution in [3.63, 3.8) is 0 Å². The SMILES string of the molecule is CCc1csc(NC(C)CCc2ccco2)n1. The maximum Gasteiger partial charge on any atom is 0.183 e. The number of thiazole rings is 1. The van der Waals surface area contributed by atoms with Gasteiger partial charge in [-0.1, -0.05) is 6.92 Å². The predicted octanol–water partition coefficient (Wildman–Crippen LogP) is 3.73. The van der Waals surface area contributed by atoms with Crippen molar-refractivity contribution in [2.75, 3.05) is 5.32 Å². The Hall–Kier alpha value is -1.29. The number of nitrogens with one attached hydrogen (secondary N) is 1. The molecule has 92 valence electrons. The maximum atomic E-state index is 5.31. The van der Waals surface area contributed by atoms with Gasteiger partial charge in [-0.3, -0.25) is 0 Å². The fraction of sp³-hybridized carbons (Fsp3) is 0.462. The van der Waals surface area contributed by atoms with E-state index in [0.717, 1.165) is 35.8 Å². The minimum atomic E-state index is 0.413. The average Bonchev–Trinajstić information content (AvgIpc) is 2.97. The molecule has 0 radical (unpaired) electrons. The van der Waals surface area contributed by atoms with Crippen LogP contribution in [0.3, 0.4) is 0 Å². The third kappa shape index (κ3) is 3.60. The first-order valence-electron chi connectivity index (χ1n) is 6.01. The third-order valence-electron chi connectivity index (χ3n) is 2.69. The highest BCUT2D eigenvalue weighted by Gasteiger charge is 2.06. The summed E-state index contributed by atoms with van der Waals surface area (Å²) in [6.07, 6.45) is 4.74. The Morgan fingerprint density at radius 2 is 2.41 bits per heavy atom. The summed E-state index contributed by atoms with van der Waals surface area (Å²) < 4.78 is 5.31. The van der Waals surface area contributed by atoms with Gasteiger partial charge in [0.05, 0.1) is 12.0 Å². The second-order valence-corrected chi connectivity index (χ2v) is 5.02. The molecule has 2 aromatic rings. The molecule has 0 aliphatic heterocycles. The maximum absolute atomic E-state index is 5.31. The van der Waals surface area contributed by atoms with Crippen molar-refractivity contribution in [3.8, 4) is 0 Å². The van der Waals surface area contributed by atoms with Crippen molar-refractivity contribution in [2.24, 2.45) is 0 Å². The summed E-state index contributed by atoms with van der Waals surface area (Å²) in [4.78, 5) is 4.50. The van der Waals surface area contributed by atoms with Crippen LogP contribution >= 0.6 is 11.3 Å². The van der Waals surface area contributed by atoms with Crippen LogP contribution in [0.25, 0.3) is 0 Å². The smallest absolute Gasteiger partial charge is 0.183 e. The molecule has 17 heavy (non-hydrogen) atoms. The van der Waals surface area contributed by atoms with Crippen LogP contribution in [0.1, 0.15) is 31.7 Å². The Bertz CT molecular complexity index is 436. The summed E-state index contributed by atoms with van der Waals surface area (Å²) in [5.41, 5.74) is 1.16. The van der Waals surface area contributed by atoms with Gasteiger partial charge in [-0.05, 0) is 31.9 Å². The topological polar surface area (TPSA) is 38.1 Å². The summed E-state index contributed by atoms with van der Waals surface area (Å²) >= 11 is 1.68. The fourth-order valence-corrected chi connectivity index (χ4v) is 2.54. The molecule has 0 aliphatic carbocycles. The number of anilines is 1. The number of furan rings is 1. The van der Waals surface area contributed by atoms with Crippen LogP contribution in [0.15, 0.2) is 28.2 Å². The Kier molecular flexibility index (Phi) is 4.20. The number of aromatic nitrogens is 1. The van der Waals surface area contributed by atoms with Crippen molar-refractivity contribution < 1.29 is 4.42 Å². The van der Waals surface area contributed by atoms with Crippen molar-refractivity contribution >= 4 is 16.5 Å². The largest absolute Gasteiger partial charge is 0.469 e. The fourth-order valence-electron chi connectivity index (χ4n) is 1.63. The van der Waals surface area contributed by atoms with Gasteiger partial charge >= 0.3 is 0 Å². The van der Waals surface area contributed by atoms with Gasteiger partial charge in [0.2, 0.25) is 0 Å². The Morgan fingerprint density at radius 1 is 1.53 bits per heavy atom. The van der Waals surface area contributed by atoms with Crippen LogP contribution in [-0.2, 0) is 12.8 Å². The van der Waals surface area contributed by atoms with E-state index in [1.807, 2.05) is 12.1 Å². The van der Waals surface area contributed by atoms with Crippen LogP contribution in [0.5, 0.6) is 0 Å². The summed E-state index contributed by atoms with van der Waals surface area (Å²) in [5.74, 6) is 1.05. The van der Waals surface area contributed by atoms with Gasteiger partial charge in [0.25, 0.3) is 0 Å². The van der Waals surface area contributed by atoms with Crippen molar-refractivity contribution in [3.05, 3.63) is 35.2 Å². The lowest BCUT2D eigenvalue weighted by atomic mass is 10.1. The van der Waals surface area contributed by atoms with E-state index in [2.05, 4.69) is 29.5 Å².